The lowest BCUT2D eigenvalue weighted by Gasteiger charge is -2.39. The molecule has 16 heavy (non-hydrogen) atoms. The molecule has 1 amide bonds. The van der Waals surface area contributed by atoms with Gasteiger partial charge in [0.2, 0.25) is 5.91 Å². The van der Waals surface area contributed by atoms with Crippen molar-refractivity contribution in [2.24, 2.45) is 5.92 Å². The van der Waals surface area contributed by atoms with Crippen LogP contribution in [0.5, 0.6) is 0 Å². The molecular weight excluding hydrogens is 198 g/mol. The van der Waals surface area contributed by atoms with Crippen LogP contribution in [-0.4, -0.2) is 22.9 Å². The summed E-state index contributed by atoms with van der Waals surface area (Å²) in [5, 5.41) is 0. The van der Waals surface area contributed by atoms with Crippen LogP contribution in [0.1, 0.15) is 66.2 Å². The monoisotopic (exact) mass is 225 g/mol. The molecule has 1 fully saturated rings. The Balaban J connectivity index is 2.72. The summed E-state index contributed by atoms with van der Waals surface area (Å²) >= 11 is 0. The minimum atomic E-state index is 0.135. The van der Waals surface area contributed by atoms with Gasteiger partial charge in [0.05, 0.1) is 0 Å². The van der Waals surface area contributed by atoms with E-state index in [0.29, 0.717) is 18.0 Å². The van der Waals surface area contributed by atoms with Gasteiger partial charge in [-0.15, -0.1) is 0 Å². The van der Waals surface area contributed by atoms with E-state index in [-0.39, 0.29) is 5.92 Å². The van der Waals surface area contributed by atoms with Crippen molar-refractivity contribution >= 4 is 5.91 Å². The Labute approximate surface area is 100 Å². The molecule has 94 valence electrons. The van der Waals surface area contributed by atoms with Crippen LogP contribution >= 0.6 is 0 Å². The first kappa shape index (κ1) is 13.5. The number of amides is 1. The highest BCUT2D eigenvalue weighted by Crippen LogP contribution is 2.26. The Morgan fingerprint density at radius 1 is 1.19 bits per heavy atom. The van der Waals surface area contributed by atoms with Crippen molar-refractivity contribution in [3.63, 3.8) is 0 Å². The van der Waals surface area contributed by atoms with Gasteiger partial charge < -0.3 is 4.90 Å². The lowest BCUT2D eigenvalue weighted by molar-refractivity contribution is -0.140. The molecule has 1 aliphatic rings. The summed E-state index contributed by atoms with van der Waals surface area (Å²) in [6.45, 7) is 8.39. The summed E-state index contributed by atoms with van der Waals surface area (Å²) in [7, 11) is 0. The van der Waals surface area contributed by atoms with Gasteiger partial charge in [0.1, 0.15) is 0 Å². The average molecular weight is 225 g/mol. The van der Waals surface area contributed by atoms with Crippen molar-refractivity contribution < 1.29 is 4.79 Å². The van der Waals surface area contributed by atoms with Gasteiger partial charge in [0, 0.05) is 18.0 Å². The van der Waals surface area contributed by atoms with Crippen molar-refractivity contribution in [1.29, 1.82) is 0 Å². The Bertz CT molecular complexity index is 219. The van der Waals surface area contributed by atoms with E-state index in [9.17, 15) is 4.79 Å². The molecule has 0 aromatic heterocycles. The van der Waals surface area contributed by atoms with Crippen LogP contribution in [0.2, 0.25) is 0 Å². The molecule has 0 aromatic rings. The van der Waals surface area contributed by atoms with E-state index >= 15 is 0 Å². The highest BCUT2D eigenvalue weighted by molar-refractivity contribution is 5.78. The summed E-state index contributed by atoms with van der Waals surface area (Å²) in [6.07, 6.45) is 7.42. The Morgan fingerprint density at radius 2 is 1.75 bits per heavy atom. The topological polar surface area (TPSA) is 20.3 Å². The Hall–Kier alpha value is -0.530. The van der Waals surface area contributed by atoms with Crippen LogP contribution in [0.3, 0.4) is 0 Å². The van der Waals surface area contributed by atoms with Crippen LogP contribution in [0.25, 0.3) is 0 Å². The fourth-order valence-electron chi connectivity index (χ4n) is 2.61. The Morgan fingerprint density at radius 3 is 2.19 bits per heavy atom. The van der Waals surface area contributed by atoms with Crippen LogP contribution in [0, 0.1) is 5.92 Å². The lowest BCUT2D eigenvalue weighted by atomic mass is 9.92. The number of nitrogens with zero attached hydrogens (tertiary/aromatic N) is 1. The third kappa shape index (κ3) is 3.23. The van der Waals surface area contributed by atoms with Crippen molar-refractivity contribution in [1.82, 2.24) is 4.90 Å². The second kappa shape index (κ2) is 6.27. The van der Waals surface area contributed by atoms with Crippen LogP contribution in [-0.2, 0) is 4.79 Å². The van der Waals surface area contributed by atoms with Gasteiger partial charge in [-0.3, -0.25) is 4.79 Å². The predicted molar refractivity (Wildman–Crippen MR) is 68.3 cm³/mol. The van der Waals surface area contributed by atoms with Gasteiger partial charge in [0.15, 0.2) is 0 Å². The lowest BCUT2D eigenvalue weighted by Crippen LogP contribution is -2.48. The zero-order chi connectivity index (χ0) is 12.1. The van der Waals surface area contributed by atoms with E-state index in [1.807, 2.05) is 13.8 Å². The molecule has 1 saturated carbocycles. The van der Waals surface area contributed by atoms with Gasteiger partial charge in [-0.1, -0.05) is 40.0 Å². The quantitative estimate of drug-likeness (QED) is 0.716. The number of hydrogen-bond donors (Lipinski definition) is 0. The molecule has 0 N–H and O–H groups in total. The fourth-order valence-corrected chi connectivity index (χ4v) is 2.61. The smallest absolute Gasteiger partial charge is 0.225 e. The second-order valence-electron chi connectivity index (χ2n) is 5.45. The molecule has 1 aliphatic carbocycles. The molecular formula is C14H27NO. The third-order valence-electron chi connectivity index (χ3n) is 3.78. The fraction of sp³-hybridized carbons (Fsp3) is 0.929. The van der Waals surface area contributed by atoms with Crippen LogP contribution < -0.4 is 0 Å². The summed E-state index contributed by atoms with van der Waals surface area (Å²) in [5.41, 5.74) is 0. The molecule has 0 saturated heterocycles. The SMILES string of the molecule is CCC(C)N(C(=O)C(C)C)C1CCCCC1. The average Bonchev–Trinajstić information content (AvgIpc) is 2.30. The summed E-state index contributed by atoms with van der Waals surface area (Å²) < 4.78 is 0. The van der Waals surface area contributed by atoms with E-state index in [1.54, 1.807) is 0 Å². The molecule has 0 aromatic carbocycles. The molecule has 2 nitrogen and oxygen atoms in total. The van der Waals surface area contributed by atoms with E-state index in [1.165, 1.54) is 32.1 Å². The van der Waals surface area contributed by atoms with Gasteiger partial charge in [-0.05, 0) is 26.2 Å². The minimum absolute atomic E-state index is 0.135. The maximum Gasteiger partial charge on any atom is 0.225 e. The van der Waals surface area contributed by atoms with Gasteiger partial charge in [-0.2, -0.15) is 0 Å². The van der Waals surface area contributed by atoms with Crippen LogP contribution in [0.4, 0.5) is 0 Å². The third-order valence-corrected chi connectivity index (χ3v) is 3.78. The van der Waals surface area contributed by atoms with Crippen molar-refractivity contribution in [3.05, 3.63) is 0 Å². The number of carbonyl (C=O) groups is 1. The molecule has 0 heterocycles. The maximum atomic E-state index is 12.3. The first-order chi connectivity index (χ1) is 7.57. The first-order valence-electron chi connectivity index (χ1n) is 6.90. The van der Waals surface area contributed by atoms with Gasteiger partial charge >= 0.3 is 0 Å². The highest BCUT2D eigenvalue weighted by atomic mass is 16.2. The van der Waals surface area contributed by atoms with Crippen molar-refractivity contribution in [2.75, 3.05) is 0 Å². The zero-order valence-corrected chi connectivity index (χ0v) is 11.3. The number of rotatable bonds is 4. The van der Waals surface area contributed by atoms with Crippen molar-refractivity contribution in [2.45, 2.75) is 78.3 Å². The summed E-state index contributed by atoms with van der Waals surface area (Å²) in [6, 6.07) is 0.914. The maximum absolute atomic E-state index is 12.3. The standard InChI is InChI=1S/C14H27NO/c1-5-12(4)15(14(16)11(2)3)13-9-7-6-8-10-13/h11-13H,5-10H2,1-4H3. The molecule has 0 spiro atoms. The van der Waals surface area contributed by atoms with E-state index < -0.39 is 0 Å². The molecule has 1 atom stereocenters. The highest BCUT2D eigenvalue weighted by Gasteiger charge is 2.29. The van der Waals surface area contributed by atoms with Crippen molar-refractivity contribution in [3.8, 4) is 0 Å². The van der Waals surface area contributed by atoms with Gasteiger partial charge in [-0.25, -0.2) is 0 Å². The Kier molecular flexibility index (Phi) is 5.30. The first-order valence-corrected chi connectivity index (χ1v) is 6.90. The van der Waals surface area contributed by atoms with E-state index in [0.717, 1.165) is 6.42 Å². The minimum Gasteiger partial charge on any atom is -0.337 e. The van der Waals surface area contributed by atoms with E-state index in [4.69, 9.17) is 0 Å². The zero-order valence-electron chi connectivity index (χ0n) is 11.3. The molecule has 1 unspecified atom stereocenters. The summed E-state index contributed by atoms with van der Waals surface area (Å²) in [4.78, 5) is 14.5. The molecule has 1 rings (SSSR count). The van der Waals surface area contributed by atoms with Gasteiger partial charge in [0.25, 0.3) is 0 Å². The number of carbonyl (C=O) groups excluding carboxylic acids is 1. The van der Waals surface area contributed by atoms with E-state index in [2.05, 4.69) is 18.7 Å². The predicted octanol–water partition coefficient (Wildman–Crippen LogP) is 3.60. The number of hydrogen-bond acceptors (Lipinski definition) is 1. The molecule has 0 bridgehead atoms. The molecule has 0 aliphatic heterocycles. The summed E-state index contributed by atoms with van der Waals surface area (Å²) in [5.74, 6) is 0.483. The normalized spacial score (nSPS) is 19.8. The molecule has 2 heteroatoms. The van der Waals surface area contributed by atoms with Crippen LogP contribution in [0.15, 0.2) is 0 Å². The largest absolute Gasteiger partial charge is 0.337 e. The molecule has 0 radical (unpaired) electrons. The second-order valence-corrected chi connectivity index (χ2v) is 5.45.